The van der Waals surface area contributed by atoms with E-state index in [2.05, 4.69) is 56.1 Å². The van der Waals surface area contributed by atoms with Gasteiger partial charge in [-0.1, -0.05) is 176 Å². The predicted molar refractivity (Wildman–Crippen MR) is 299 cm³/mol. The first kappa shape index (κ1) is 52.8. The van der Waals surface area contributed by atoms with E-state index in [9.17, 15) is 14.4 Å². The molecule has 0 atom stereocenters. The second-order valence-electron chi connectivity index (χ2n) is 19.5. The molecule has 0 aliphatic carbocycles. The van der Waals surface area contributed by atoms with Crippen molar-refractivity contribution < 1.29 is 19.1 Å². The average Bonchev–Trinajstić information content (AvgIpc) is 3.45. The molecule has 10 heteroatoms. The fourth-order valence-electron chi connectivity index (χ4n) is 10.3. The summed E-state index contributed by atoms with van der Waals surface area (Å²) in [5.74, 6) is 0.601. The van der Waals surface area contributed by atoms with Crippen LogP contribution in [-0.4, -0.2) is 80.1 Å². The molecule has 382 valence electrons. The molecule has 5 N–H and O–H groups in total. The Morgan fingerprint density at radius 1 is 0.486 bits per heavy atom. The van der Waals surface area contributed by atoms with Gasteiger partial charge in [0, 0.05) is 24.5 Å². The number of amides is 3. The Hall–Kier alpha value is -7.53. The molecule has 0 saturated carbocycles. The lowest BCUT2D eigenvalue weighted by Gasteiger charge is -2.32. The molecule has 7 aromatic rings. The van der Waals surface area contributed by atoms with Crippen molar-refractivity contribution in [3.8, 4) is 0 Å². The minimum atomic E-state index is -0.447. The highest BCUT2D eigenvalue weighted by Gasteiger charge is 2.25. The zero-order valence-electron chi connectivity index (χ0n) is 42.6. The third kappa shape index (κ3) is 16.0. The zero-order chi connectivity index (χ0) is 51.2. The molecule has 2 aliphatic heterocycles. The van der Waals surface area contributed by atoms with Crippen molar-refractivity contribution in [2.24, 2.45) is 0 Å². The van der Waals surface area contributed by atoms with Gasteiger partial charge in [-0.3, -0.25) is 14.9 Å². The molecule has 2 fully saturated rings. The number of nitrogen functional groups attached to an aromatic ring is 1. The number of hydrogen-bond acceptors (Lipinski definition) is 7. The largest absolute Gasteiger partial charge is 0.444 e. The summed E-state index contributed by atoms with van der Waals surface area (Å²) >= 11 is 0. The van der Waals surface area contributed by atoms with Crippen LogP contribution in [0.4, 0.5) is 16.2 Å². The Bertz CT molecular complexity index is 2690. The lowest BCUT2D eigenvalue weighted by Crippen LogP contribution is -2.36. The first-order chi connectivity index (χ1) is 36.4. The molecule has 0 bridgehead atoms. The summed E-state index contributed by atoms with van der Waals surface area (Å²) in [6.07, 6.45) is 5.90. The van der Waals surface area contributed by atoms with Crippen LogP contribution >= 0.6 is 0 Å². The lowest BCUT2D eigenvalue weighted by atomic mass is 9.89. The van der Waals surface area contributed by atoms with Crippen LogP contribution in [0.25, 0.3) is 0 Å². The Morgan fingerprint density at radius 2 is 0.878 bits per heavy atom. The van der Waals surface area contributed by atoms with Gasteiger partial charge in [0.1, 0.15) is 6.61 Å². The Morgan fingerprint density at radius 3 is 1.30 bits per heavy atom. The van der Waals surface area contributed by atoms with Crippen LogP contribution in [0, 0.1) is 0 Å². The molecule has 0 aromatic heterocycles. The van der Waals surface area contributed by atoms with Crippen molar-refractivity contribution >= 4 is 29.3 Å². The summed E-state index contributed by atoms with van der Waals surface area (Å²) in [6.45, 7) is 7.82. The minimum absolute atomic E-state index is 0.0450. The van der Waals surface area contributed by atoms with Gasteiger partial charge >= 0.3 is 6.09 Å². The van der Waals surface area contributed by atoms with E-state index in [1.165, 1.54) is 24.0 Å². The molecule has 3 amide bonds. The maximum Gasteiger partial charge on any atom is 0.411 e. The van der Waals surface area contributed by atoms with Gasteiger partial charge in [0.25, 0.3) is 0 Å². The number of carbonyl (C=O) groups excluding carboxylic acids is 3. The number of piperidine rings is 2. The third-order valence-corrected chi connectivity index (χ3v) is 14.3. The molecular weight excluding hydrogens is 917 g/mol. The van der Waals surface area contributed by atoms with Crippen LogP contribution < -0.4 is 21.7 Å². The summed E-state index contributed by atoms with van der Waals surface area (Å²) in [5, 5.41) is 9.23. The van der Waals surface area contributed by atoms with E-state index in [-0.39, 0.29) is 30.3 Å². The Labute approximate surface area is 438 Å². The van der Waals surface area contributed by atoms with Gasteiger partial charge in [0.2, 0.25) is 11.8 Å². The summed E-state index contributed by atoms with van der Waals surface area (Å²) < 4.78 is 5.37. The first-order valence-electron chi connectivity index (χ1n) is 26.5. The highest BCUT2D eigenvalue weighted by molar-refractivity contribution is 5.88. The highest BCUT2D eigenvalue weighted by atomic mass is 16.5. The van der Waals surface area contributed by atoms with Crippen LogP contribution in [0.1, 0.15) is 101 Å². The monoisotopic (exact) mass is 989 g/mol. The van der Waals surface area contributed by atoms with Crippen molar-refractivity contribution in [2.45, 2.75) is 68.8 Å². The van der Waals surface area contributed by atoms with Crippen LogP contribution in [0.5, 0.6) is 0 Å². The number of ether oxygens (including phenoxy) is 1. The van der Waals surface area contributed by atoms with Gasteiger partial charge in [-0.25, -0.2) is 4.79 Å². The fraction of sp³-hybridized carbons (Fsp3) is 0.297. The van der Waals surface area contributed by atoms with E-state index in [0.29, 0.717) is 24.9 Å². The maximum atomic E-state index is 13.2. The molecule has 10 nitrogen and oxygen atoms in total. The normalized spacial score (nSPS) is 14.4. The fourth-order valence-corrected chi connectivity index (χ4v) is 10.3. The predicted octanol–water partition coefficient (Wildman–Crippen LogP) is 11.7. The first-order valence-corrected chi connectivity index (χ1v) is 26.5. The number of nitrogens with two attached hydrogens (primary N) is 1. The van der Waals surface area contributed by atoms with Gasteiger partial charge in [0.15, 0.2) is 0 Å². The van der Waals surface area contributed by atoms with E-state index in [1.54, 1.807) is 0 Å². The van der Waals surface area contributed by atoms with Crippen molar-refractivity contribution in [3.63, 3.8) is 0 Å². The number of nitrogens with zero attached hydrogens (tertiary/aromatic N) is 2. The summed E-state index contributed by atoms with van der Waals surface area (Å²) in [5.41, 5.74) is 15.2. The molecule has 74 heavy (non-hydrogen) atoms. The van der Waals surface area contributed by atoms with E-state index < -0.39 is 6.09 Å². The number of likely N-dealkylation sites (tertiary alicyclic amines) is 2. The van der Waals surface area contributed by atoms with E-state index in [1.807, 2.05) is 170 Å². The topological polar surface area (TPSA) is 129 Å². The molecular formula is C64H72N6O4. The van der Waals surface area contributed by atoms with E-state index >= 15 is 0 Å². The molecule has 0 radical (unpaired) electrons. The van der Waals surface area contributed by atoms with Crippen molar-refractivity contribution in [1.82, 2.24) is 20.4 Å². The smallest absolute Gasteiger partial charge is 0.411 e. The minimum Gasteiger partial charge on any atom is -0.444 e. The number of benzene rings is 7. The summed E-state index contributed by atoms with van der Waals surface area (Å²) in [6, 6.07) is 66.1. The van der Waals surface area contributed by atoms with Crippen LogP contribution in [0.15, 0.2) is 200 Å². The number of anilines is 2. The van der Waals surface area contributed by atoms with Crippen LogP contribution in [0.3, 0.4) is 0 Å². The lowest BCUT2D eigenvalue weighted by molar-refractivity contribution is -0.122. The zero-order valence-corrected chi connectivity index (χ0v) is 42.6. The van der Waals surface area contributed by atoms with Crippen LogP contribution in [0.2, 0.25) is 0 Å². The van der Waals surface area contributed by atoms with Gasteiger partial charge in [0.05, 0.1) is 11.8 Å². The second-order valence-corrected chi connectivity index (χ2v) is 19.5. The summed E-state index contributed by atoms with van der Waals surface area (Å²) in [7, 11) is 0. The number of carbonyl (C=O) groups is 3. The molecule has 9 rings (SSSR count). The number of nitrogens with one attached hydrogen (secondary N) is 3. The molecule has 7 aromatic carbocycles. The van der Waals surface area contributed by atoms with Gasteiger partial charge < -0.3 is 30.9 Å². The van der Waals surface area contributed by atoms with Crippen molar-refractivity contribution in [2.75, 3.05) is 63.4 Å². The summed E-state index contributed by atoms with van der Waals surface area (Å²) in [4.78, 5) is 43.6. The average molecular weight is 989 g/mol. The molecule has 2 heterocycles. The van der Waals surface area contributed by atoms with Gasteiger partial charge in [-0.2, -0.15) is 0 Å². The van der Waals surface area contributed by atoms with Gasteiger partial charge in [-0.15, -0.1) is 0 Å². The van der Waals surface area contributed by atoms with Crippen LogP contribution in [-0.2, 0) is 20.9 Å². The van der Waals surface area contributed by atoms with Gasteiger partial charge in [-0.05, 0) is 153 Å². The van der Waals surface area contributed by atoms with Crippen molar-refractivity contribution in [3.05, 3.63) is 239 Å². The SMILES string of the molecule is Nc1cccc(C2CCN(CCCNC(=O)C(c3ccccc3)c3ccccc3)CC2)c1.O=C(Nc1cccc(C2CCN(CCCNC(=O)C(c3ccccc3)c3ccccc3)CC2)c1)OCc1ccccc1. The van der Waals surface area contributed by atoms with E-state index in [4.69, 9.17) is 10.5 Å². The standard InChI is InChI=1S/C36H39N3O3.C28H33N3O/c40-35(34(30-14-6-2-7-15-30)31-16-8-3-9-17-31)37-22-11-23-39-24-20-29(21-25-39)32-18-10-19-33(26-32)38-36(41)42-27-28-12-4-1-5-13-28;29-26-14-7-13-25(21-26)22-15-19-31(20-16-22)18-8-17-30-28(32)27(23-9-3-1-4-10-23)24-11-5-2-6-12-24/h1-10,12-19,26,29,34H,11,20-25,27H2,(H,37,40)(H,38,41);1-7,9-14,21-22,27H,8,15-20,29H2,(H,30,32). The number of rotatable bonds is 19. The quantitative estimate of drug-likeness (QED) is 0.0469. The molecule has 2 saturated heterocycles. The Kier molecular flexibility index (Phi) is 20.0. The maximum absolute atomic E-state index is 13.2. The second kappa shape index (κ2) is 28.1. The third-order valence-electron chi connectivity index (χ3n) is 14.3. The molecule has 0 spiro atoms. The van der Waals surface area contributed by atoms with E-state index in [0.717, 1.165) is 104 Å². The molecule has 2 aliphatic rings. The highest BCUT2D eigenvalue weighted by Crippen LogP contribution is 2.32. The number of hydrogen-bond donors (Lipinski definition) is 4. The van der Waals surface area contributed by atoms with Crippen molar-refractivity contribution in [1.29, 1.82) is 0 Å². The Balaban J connectivity index is 0.000000204. The molecule has 0 unspecified atom stereocenters.